The van der Waals surface area contributed by atoms with E-state index in [-0.39, 0.29) is 0 Å². The van der Waals surface area contributed by atoms with Crippen molar-refractivity contribution in [2.75, 3.05) is 12.0 Å². The molecule has 0 amide bonds. The summed E-state index contributed by atoms with van der Waals surface area (Å²) in [6, 6.07) is 0. The number of sulfone groups is 1. The Morgan fingerprint density at radius 2 is 1.83 bits per heavy atom. The maximum Gasteiger partial charge on any atom is 0.147 e. The third kappa shape index (κ3) is 6.65. The van der Waals surface area contributed by atoms with Crippen molar-refractivity contribution < 1.29 is 8.42 Å². The Morgan fingerprint density at radius 1 is 1.25 bits per heavy atom. The Hall–Kier alpha value is -0.0500. The molecule has 0 aliphatic carbocycles. The molecule has 0 radical (unpaired) electrons. The molecular weight excluding hydrogens is 172 g/mol. The average molecular weight is 192 g/mol. The Balaban J connectivity index is 3.83. The lowest BCUT2D eigenvalue weighted by Crippen LogP contribution is -2.14. The first-order valence-electron chi connectivity index (χ1n) is 4.67. The molecule has 0 spiro atoms. The van der Waals surface area contributed by atoms with Gasteiger partial charge in [-0.2, -0.15) is 0 Å². The summed E-state index contributed by atoms with van der Waals surface area (Å²) < 4.78 is 21.9. The molecule has 3 heteroatoms. The molecule has 2 nitrogen and oxygen atoms in total. The molecule has 0 bridgehead atoms. The van der Waals surface area contributed by atoms with Gasteiger partial charge in [0.05, 0.1) is 5.75 Å². The van der Waals surface area contributed by atoms with Gasteiger partial charge in [0, 0.05) is 6.26 Å². The van der Waals surface area contributed by atoms with Crippen LogP contribution in [0.1, 0.15) is 39.5 Å². The van der Waals surface area contributed by atoms with E-state index in [1.807, 2.05) is 0 Å². The van der Waals surface area contributed by atoms with E-state index in [1.165, 1.54) is 6.26 Å². The molecule has 74 valence electrons. The standard InChI is InChI=1S/C9H20O2S/c1-4-6-7-9(5-2)8-12(3,10)11/h9H,4-8H2,1-3H3. The second-order valence-electron chi connectivity index (χ2n) is 3.51. The molecule has 0 aliphatic rings. The van der Waals surface area contributed by atoms with Gasteiger partial charge in [0.25, 0.3) is 0 Å². The summed E-state index contributed by atoms with van der Waals surface area (Å²) in [4.78, 5) is 0. The highest BCUT2D eigenvalue weighted by Crippen LogP contribution is 2.14. The molecule has 1 unspecified atom stereocenters. The third-order valence-electron chi connectivity index (χ3n) is 2.08. The van der Waals surface area contributed by atoms with Gasteiger partial charge in [0.15, 0.2) is 0 Å². The van der Waals surface area contributed by atoms with Crippen molar-refractivity contribution in [2.45, 2.75) is 39.5 Å². The van der Waals surface area contributed by atoms with Crippen LogP contribution in [0.2, 0.25) is 0 Å². The normalized spacial score (nSPS) is 14.6. The predicted octanol–water partition coefficient (Wildman–Crippen LogP) is 2.25. The molecule has 0 fully saturated rings. The number of unbranched alkanes of at least 4 members (excludes halogenated alkanes) is 1. The van der Waals surface area contributed by atoms with Gasteiger partial charge >= 0.3 is 0 Å². The molecule has 0 aromatic rings. The van der Waals surface area contributed by atoms with Crippen molar-refractivity contribution in [1.82, 2.24) is 0 Å². The summed E-state index contributed by atoms with van der Waals surface area (Å²) in [6.07, 6.45) is 5.66. The second-order valence-corrected chi connectivity index (χ2v) is 5.69. The minimum atomic E-state index is -2.77. The summed E-state index contributed by atoms with van der Waals surface area (Å²) in [5.74, 6) is 0.740. The van der Waals surface area contributed by atoms with E-state index in [0.29, 0.717) is 11.7 Å². The maximum atomic E-state index is 11.0. The van der Waals surface area contributed by atoms with E-state index in [1.54, 1.807) is 0 Å². The van der Waals surface area contributed by atoms with Gasteiger partial charge in [0.2, 0.25) is 0 Å². The van der Waals surface area contributed by atoms with Crippen molar-refractivity contribution in [1.29, 1.82) is 0 Å². The monoisotopic (exact) mass is 192 g/mol. The molecule has 0 saturated carbocycles. The van der Waals surface area contributed by atoms with Gasteiger partial charge in [-0.05, 0) is 12.3 Å². The van der Waals surface area contributed by atoms with Gasteiger partial charge in [-0.3, -0.25) is 0 Å². The minimum Gasteiger partial charge on any atom is -0.229 e. The first kappa shape index (κ1) is 11.9. The Bertz CT molecular complexity index is 195. The van der Waals surface area contributed by atoms with E-state index in [2.05, 4.69) is 13.8 Å². The molecule has 0 aliphatic heterocycles. The lowest BCUT2D eigenvalue weighted by atomic mass is 10.0. The highest BCUT2D eigenvalue weighted by atomic mass is 32.2. The zero-order chi connectivity index (χ0) is 9.61. The van der Waals surface area contributed by atoms with E-state index in [0.717, 1.165) is 25.7 Å². The number of hydrogen-bond acceptors (Lipinski definition) is 2. The summed E-state index contributed by atoms with van der Waals surface area (Å²) in [6.45, 7) is 4.19. The van der Waals surface area contributed by atoms with Crippen LogP contribution in [0, 0.1) is 5.92 Å². The highest BCUT2D eigenvalue weighted by Gasteiger charge is 2.12. The largest absolute Gasteiger partial charge is 0.229 e. The fraction of sp³-hybridized carbons (Fsp3) is 1.00. The van der Waals surface area contributed by atoms with E-state index in [9.17, 15) is 8.42 Å². The molecule has 0 aromatic heterocycles. The molecular formula is C9H20O2S. The average Bonchev–Trinajstić information content (AvgIpc) is 1.95. The quantitative estimate of drug-likeness (QED) is 0.647. The Labute approximate surface area is 76.3 Å². The first-order valence-corrected chi connectivity index (χ1v) is 6.73. The minimum absolute atomic E-state index is 0.365. The summed E-state index contributed by atoms with van der Waals surface area (Å²) in [5.41, 5.74) is 0. The lowest BCUT2D eigenvalue weighted by molar-refractivity contribution is 0.485. The van der Waals surface area contributed by atoms with Crippen molar-refractivity contribution in [3.63, 3.8) is 0 Å². The van der Waals surface area contributed by atoms with Gasteiger partial charge in [0.1, 0.15) is 9.84 Å². The molecule has 1 atom stereocenters. The lowest BCUT2D eigenvalue weighted by Gasteiger charge is -2.12. The number of rotatable bonds is 6. The fourth-order valence-electron chi connectivity index (χ4n) is 1.33. The fourth-order valence-corrected chi connectivity index (χ4v) is 2.58. The van der Waals surface area contributed by atoms with Crippen LogP contribution in [0.4, 0.5) is 0 Å². The molecule has 0 rings (SSSR count). The van der Waals surface area contributed by atoms with E-state index >= 15 is 0 Å². The topological polar surface area (TPSA) is 34.1 Å². The van der Waals surface area contributed by atoms with Gasteiger partial charge in [-0.15, -0.1) is 0 Å². The second kappa shape index (κ2) is 5.57. The van der Waals surface area contributed by atoms with Crippen LogP contribution in [0.3, 0.4) is 0 Å². The number of hydrogen-bond donors (Lipinski definition) is 0. The first-order chi connectivity index (χ1) is 5.49. The van der Waals surface area contributed by atoms with Crippen LogP contribution in [0.15, 0.2) is 0 Å². The molecule has 0 aromatic carbocycles. The zero-order valence-corrected chi connectivity index (χ0v) is 9.15. The van der Waals surface area contributed by atoms with Crippen LogP contribution >= 0.6 is 0 Å². The molecule has 0 N–H and O–H groups in total. The smallest absolute Gasteiger partial charge is 0.147 e. The van der Waals surface area contributed by atoms with Crippen molar-refractivity contribution >= 4 is 9.84 Å². The van der Waals surface area contributed by atoms with Crippen LogP contribution < -0.4 is 0 Å². The predicted molar refractivity (Wildman–Crippen MR) is 53.0 cm³/mol. The van der Waals surface area contributed by atoms with E-state index in [4.69, 9.17) is 0 Å². The van der Waals surface area contributed by atoms with Crippen molar-refractivity contribution in [3.05, 3.63) is 0 Å². The highest BCUT2D eigenvalue weighted by molar-refractivity contribution is 7.90. The summed E-state index contributed by atoms with van der Waals surface area (Å²) >= 11 is 0. The van der Waals surface area contributed by atoms with Gasteiger partial charge in [-0.25, -0.2) is 8.42 Å². The molecule has 12 heavy (non-hydrogen) atoms. The van der Waals surface area contributed by atoms with Crippen LogP contribution in [0.5, 0.6) is 0 Å². The maximum absolute atomic E-state index is 11.0. The molecule has 0 saturated heterocycles. The zero-order valence-electron chi connectivity index (χ0n) is 8.34. The summed E-state index contributed by atoms with van der Waals surface area (Å²) in [7, 11) is -2.77. The third-order valence-corrected chi connectivity index (χ3v) is 3.16. The summed E-state index contributed by atoms with van der Waals surface area (Å²) in [5, 5.41) is 0. The Morgan fingerprint density at radius 3 is 2.17 bits per heavy atom. The van der Waals surface area contributed by atoms with Crippen LogP contribution in [-0.4, -0.2) is 20.4 Å². The SMILES string of the molecule is CCCCC(CC)CS(C)(=O)=O. The Kier molecular flexibility index (Phi) is 5.55. The van der Waals surface area contributed by atoms with E-state index < -0.39 is 9.84 Å². The van der Waals surface area contributed by atoms with Gasteiger partial charge < -0.3 is 0 Å². The van der Waals surface area contributed by atoms with Gasteiger partial charge in [-0.1, -0.05) is 33.1 Å². The molecule has 0 heterocycles. The van der Waals surface area contributed by atoms with Crippen molar-refractivity contribution in [2.24, 2.45) is 5.92 Å². The van der Waals surface area contributed by atoms with Crippen molar-refractivity contribution in [3.8, 4) is 0 Å². The van der Waals surface area contributed by atoms with Crippen LogP contribution in [0.25, 0.3) is 0 Å². The van der Waals surface area contributed by atoms with Crippen LogP contribution in [-0.2, 0) is 9.84 Å².